The van der Waals surface area contributed by atoms with E-state index in [1.54, 1.807) is 0 Å². The van der Waals surface area contributed by atoms with Gasteiger partial charge in [0.15, 0.2) is 0 Å². The summed E-state index contributed by atoms with van der Waals surface area (Å²) in [5.41, 5.74) is 2.03. The zero-order valence-corrected chi connectivity index (χ0v) is 12.9. The van der Waals surface area contributed by atoms with Crippen molar-refractivity contribution >= 4 is 12.0 Å². The fourth-order valence-electron chi connectivity index (χ4n) is 2.86. The summed E-state index contributed by atoms with van der Waals surface area (Å²) in [5.74, 6) is -0.149. The second-order valence-electron chi connectivity index (χ2n) is 5.69. The molecule has 0 aromatic heterocycles. The van der Waals surface area contributed by atoms with E-state index in [2.05, 4.69) is 0 Å². The van der Waals surface area contributed by atoms with Crippen LogP contribution in [0.1, 0.15) is 24.0 Å². The topological polar surface area (TPSA) is 46.6 Å². The van der Waals surface area contributed by atoms with Gasteiger partial charge >= 0.3 is 6.09 Å². The molecule has 1 saturated heterocycles. The molecule has 0 N–H and O–H groups in total. The largest absolute Gasteiger partial charge is 0.444 e. The zero-order valence-electron chi connectivity index (χ0n) is 12.9. The summed E-state index contributed by atoms with van der Waals surface area (Å²) in [4.78, 5) is 25.7. The SMILES string of the molecule is O=C1CC[C@@H](Cc2ccccc2)N1C(=O)OCc1ccccc1. The first-order valence-corrected chi connectivity index (χ1v) is 7.80. The molecule has 2 aromatic carbocycles. The van der Waals surface area contributed by atoms with Crippen molar-refractivity contribution in [3.63, 3.8) is 0 Å². The summed E-state index contributed by atoms with van der Waals surface area (Å²) in [5, 5.41) is 0. The highest BCUT2D eigenvalue weighted by Gasteiger charge is 2.36. The summed E-state index contributed by atoms with van der Waals surface area (Å²) in [7, 11) is 0. The number of imide groups is 1. The number of benzene rings is 2. The van der Waals surface area contributed by atoms with Crippen LogP contribution in [0.15, 0.2) is 60.7 Å². The Kier molecular flexibility index (Phi) is 4.71. The number of carbonyl (C=O) groups is 2. The van der Waals surface area contributed by atoms with Gasteiger partial charge in [-0.3, -0.25) is 4.79 Å². The van der Waals surface area contributed by atoms with Crippen molar-refractivity contribution in [3.05, 3.63) is 71.8 Å². The van der Waals surface area contributed by atoms with Crippen molar-refractivity contribution in [3.8, 4) is 0 Å². The molecule has 2 amide bonds. The van der Waals surface area contributed by atoms with Gasteiger partial charge in [0.1, 0.15) is 6.61 Å². The smallest absolute Gasteiger partial charge is 0.417 e. The van der Waals surface area contributed by atoms with E-state index in [0.717, 1.165) is 11.1 Å². The van der Waals surface area contributed by atoms with Crippen LogP contribution in [0.25, 0.3) is 0 Å². The number of hydrogen-bond donors (Lipinski definition) is 0. The summed E-state index contributed by atoms with van der Waals surface area (Å²) in [6, 6.07) is 19.3. The van der Waals surface area contributed by atoms with Crippen molar-refractivity contribution in [2.75, 3.05) is 0 Å². The Hall–Kier alpha value is -2.62. The number of hydrogen-bond acceptors (Lipinski definition) is 3. The Morgan fingerprint density at radius 3 is 2.26 bits per heavy atom. The molecule has 3 rings (SSSR count). The van der Waals surface area contributed by atoms with Gasteiger partial charge in [0.25, 0.3) is 0 Å². The quantitative estimate of drug-likeness (QED) is 0.867. The average molecular weight is 309 g/mol. The summed E-state index contributed by atoms with van der Waals surface area (Å²) in [6.45, 7) is 0.182. The van der Waals surface area contributed by atoms with Crippen LogP contribution in [0.3, 0.4) is 0 Å². The molecule has 0 spiro atoms. The Labute approximate surface area is 135 Å². The molecule has 4 nitrogen and oxygen atoms in total. The second-order valence-corrected chi connectivity index (χ2v) is 5.69. The molecule has 2 aromatic rings. The molecular formula is C19H19NO3. The van der Waals surface area contributed by atoms with E-state index in [9.17, 15) is 9.59 Å². The number of rotatable bonds is 4. The lowest BCUT2D eigenvalue weighted by Crippen LogP contribution is -2.40. The molecule has 23 heavy (non-hydrogen) atoms. The highest BCUT2D eigenvalue weighted by molar-refractivity contribution is 5.94. The van der Waals surface area contributed by atoms with Crippen LogP contribution in [0, 0.1) is 0 Å². The fourth-order valence-corrected chi connectivity index (χ4v) is 2.86. The molecule has 1 fully saturated rings. The molecule has 0 bridgehead atoms. The van der Waals surface area contributed by atoms with Crippen molar-refractivity contribution in [1.29, 1.82) is 0 Å². The summed E-state index contributed by atoms with van der Waals surface area (Å²) < 4.78 is 5.32. The highest BCUT2D eigenvalue weighted by Crippen LogP contribution is 2.23. The van der Waals surface area contributed by atoms with Crippen LogP contribution >= 0.6 is 0 Å². The molecule has 0 saturated carbocycles. The highest BCUT2D eigenvalue weighted by atomic mass is 16.6. The Morgan fingerprint density at radius 1 is 1.00 bits per heavy atom. The Bertz CT molecular complexity index is 670. The van der Waals surface area contributed by atoms with E-state index in [0.29, 0.717) is 19.3 Å². The van der Waals surface area contributed by atoms with E-state index in [4.69, 9.17) is 4.74 Å². The number of amides is 2. The number of ether oxygens (including phenoxy) is 1. The first kappa shape index (κ1) is 15.3. The lowest BCUT2D eigenvalue weighted by atomic mass is 10.0. The van der Waals surface area contributed by atoms with Gasteiger partial charge in [0, 0.05) is 12.5 Å². The molecule has 1 aliphatic rings. The Morgan fingerprint density at radius 2 is 1.61 bits per heavy atom. The first-order valence-electron chi connectivity index (χ1n) is 7.80. The van der Waals surface area contributed by atoms with Gasteiger partial charge in [-0.15, -0.1) is 0 Å². The van der Waals surface area contributed by atoms with Crippen molar-refractivity contribution < 1.29 is 14.3 Å². The van der Waals surface area contributed by atoms with Gasteiger partial charge in [-0.1, -0.05) is 60.7 Å². The van der Waals surface area contributed by atoms with Crippen LogP contribution in [0.5, 0.6) is 0 Å². The van der Waals surface area contributed by atoms with Gasteiger partial charge in [-0.2, -0.15) is 0 Å². The lowest BCUT2D eigenvalue weighted by molar-refractivity contribution is -0.127. The molecule has 0 aliphatic carbocycles. The Balaban J connectivity index is 1.63. The number of nitrogens with zero attached hydrogens (tertiary/aromatic N) is 1. The van der Waals surface area contributed by atoms with Crippen LogP contribution in [-0.2, 0) is 22.6 Å². The third-order valence-corrected chi connectivity index (χ3v) is 4.04. The van der Waals surface area contributed by atoms with E-state index >= 15 is 0 Å². The molecule has 1 heterocycles. The molecule has 118 valence electrons. The van der Waals surface area contributed by atoms with E-state index in [1.165, 1.54) is 4.90 Å². The molecule has 1 aliphatic heterocycles. The molecular weight excluding hydrogens is 290 g/mol. The predicted molar refractivity (Wildman–Crippen MR) is 86.6 cm³/mol. The zero-order chi connectivity index (χ0) is 16.1. The second kappa shape index (κ2) is 7.09. The minimum atomic E-state index is -0.544. The maximum Gasteiger partial charge on any atom is 0.417 e. The van der Waals surface area contributed by atoms with Crippen LogP contribution in [0.4, 0.5) is 4.79 Å². The van der Waals surface area contributed by atoms with Crippen molar-refractivity contribution in [2.45, 2.75) is 31.9 Å². The maximum atomic E-state index is 12.3. The fraction of sp³-hybridized carbons (Fsp3) is 0.263. The average Bonchev–Trinajstić information content (AvgIpc) is 2.95. The van der Waals surface area contributed by atoms with E-state index in [-0.39, 0.29) is 18.6 Å². The normalized spacial score (nSPS) is 17.3. The molecule has 1 atom stereocenters. The predicted octanol–water partition coefficient (Wildman–Crippen LogP) is 3.56. The number of carbonyl (C=O) groups excluding carboxylic acids is 2. The number of likely N-dealkylation sites (tertiary alicyclic amines) is 1. The van der Waals surface area contributed by atoms with Gasteiger partial charge in [0.05, 0.1) is 0 Å². The van der Waals surface area contributed by atoms with Crippen LogP contribution < -0.4 is 0 Å². The van der Waals surface area contributed by atoms with Crippen LogP contribution in [0.2, 0.25) is 0 Å². The monoisotopic (exact) mass is 309 g/mol. The standard InChI is InChI=1S/C19H19NO3/c21-18-12-11-17(13-15-7-3-1-4-8-15)20(18)19(22)23-14-16-9-5-2-6-10-16/h1-10,17H,11-14H2/t17-/m0/s1. The third-order valence-electron chi connectivity index (χ3n) is 4.04. The third kappa shape index (κ3) is 3.77. The van der Waals surface area contributed by atoms with E-state index in [1.807, 2.05) is 60.7 Å². The summed E-state index contributed by atoms with van der Waals surface area (Å²) in [6.07, 6.45) is 1.22. The van der Waals surface area contributed by atoms with Crippen LogP contribution in [-0.4, -0.2) is 22.9 Å². The first-order chi connectivity index (χ1) is 11.2. The molecule has 0 unspecified atom stereocenters. The molecule has 4 heteroatoms. The van der Waals surface area contributed by atoms with Gasteiger partial charge in [-0.25, -0.2) is 9.69 Å². The molecule has 0 radical (unpaired) electrons. The van der Waals surface area contributed by atoms with E-state index < -0.39 is 6.09 Å². The van der Waals surface area contributed by atoms with Gasteiger partial charge < -0.3 is 4.74 Å². The minimum Gasteiger partial charge on any atom is -0.444 e. The minimum absolute atomic E-state index is 0.117. The van der Waals surface area contributed by atoms with Crippen molar-refractivity contribution in [2.24, 2.45) is 0 Å². The van der Waals surface area contributed by atoms with Gasteiger partial charge in [0.2, 0.25) is 5.91 Å². The van der Waals surface area contributed by atoms with Gasteiger partial charge in [-0.05, 0) is 24.0 Å². The lowest BCUT2D eigenvalue weighted by Gasteiger charge is -2.22. The van der Waals surface area contributed by atoms with Crippen molar-refractivity contribution in [1.82, 2.24) is 4.90 Å². The summed E-state index contributed by atoms with van der Waals surface area (Å²) >= 11 is 0. The maximum absolute atomic E-state index is 12.3.